The third-order valence-corrected chi connectivity index (χ3v) is 8.02. The minimum absolute atomic E-state index is 0.101. The number of ketones is 2. The summed E-state index contributed by atoms with van der Waals surface area (Å²) in [5.41, 5.74) is 3.66. The molecule has 0 radical (unpaired) electrons. The number of hydrogen-bond acceptors (Lipinski definition) is 2. The number of aryl methyl sites for hydroxylation is 2. The van der Waals surface area contributed by atoms with E-state index >= 15 is 0 Å². The second kappa shape index (κ2) is 4.84. The fourth-order valence-electron chi connectivity index (χ4n) is 6.89. The van der Waals surface area contributed by atoms with Crippen molar-refractivity contribution in [3.05, 3.63) is 83.2 Å². The van der Waals surface area contributed by atoms with Gasteiger partial charge in [0.05, 0.1) is 22.2 Å². The quantitative estimate of drug-likeness (QED) is 0.411. The number of fused-ring (bicyclic) bond motifs is 6. The molecule has 2 heterocycles. The molecule has 30 heavy (non-hydrogen) atoms. The van der Waals surface area contributed by atoms with Crippen LogP contribution in [0.25, 0.3) is 21.8 Å². The predicted octanol–water partition coefficient (Wildman–Crippen LogP) is 4.59. The van der Waals surface area contributed by atoms with Crippen LogP contribution >= 0.6 is 0 Å². The topological polar surface area (TPSA) is 44.0 Å². The summed E-state index contributed by atoms with van der Waals surface area (Å²) >= 11 is 0. The number of hydrogen-bond donors (Lipinski definition) is 0. The van der Waals surface area contributed by atoms with Crippen LogP contribution < -0.4 is 0 Å². The van der Waals surface area contributed by atoms with Gasteiger partial charge >= 0.3 is 0 Å². The maximum Gasteiger partial charge on any atom is 0.191 e. The molecule has 0 fully saturated rings. The Morgan fingerprint density at radius 1 is 0.667 bits per heavy atom. The van der Waals surface area contributed by atoms with Crippen molar-refractivity contribution in [3.8, 4) is 0 Å². The molecule has 4 nitrogen and oxygen atoms in total. The Bertz CT molecular complexity index is 1400. The minimum atomic E-state index is -0.846. The first-order valence-electron chi connectivity index (χ1n) is 10.5. The van der Waals surface area contributed by atoms with E-state index in [9.17, 15) is 9.59 Å². The van der Waals surface area contributed by atoms with E-state index in [0.29, 0.717) is 24.2 Å². The zero-order chi connectivity index (χ0) is 20.4. The fraction of sp³-hybridized carbons (Fsp3) is 0.231. The van der Waals surface area contributed by atoms with E-state index in [0.717, 1.165) is 32.9 Å². The van der Waals surface area contributed by atoms with Gasteiger partial charge in [-0.1, -0.05) is 48.6 Å². The van der Waals surface area contributed by atoms with E-state index in [1.807, 2.05) is 59.6 Å². The van der Waals surface area contributed by atoms with Crippen molar-refractivity contribution in [2.75, 3.05) is 0 Å². The van der Waals surface area contributed by atoms with Crippen LogP contribution in [0.4, 0.5) is 0 Å². The Morgan fingerprint density at radius 2 is 1.07 bits per heavy atom. The molecule has 2 unspecified atom stereocenters. The van der Waals surface area contributed by atoms with E-state index in [-0.39, 0.29) is 11.6 Å². The van der Waals surface area contributed by atoms with Crippen LogP contribution in [0.1, 0.15) is 44.9 Å². The summed E-state index contributed by atoms with van der Waals surface area (Å²) in [6, 6.07) is 16.2. The Labute approximate surface area is 173 Å². The maximum absolute atomic E-state index is 14.4. The minimum Gasteiger partial charge on any atom is -0.341 e. The van der Waals surface area contributed by atoms with Gasteiger partial charge in [-0.3, -0.25) is 9.59 Å². The van der Waals surface area contributed by atoms with Crippen molar-refractivity contribution in [1.82, 2.24) is 9.13 Å². The lowest BCUT2D eigenvalue weighted by atomic mass is 9.57. The van der Waals surface area contributed by atoms with E-state index in [1.165, 1.54) is 0 Å². The van der Waals surface area contributed by atoms with Crippen LogP contribution in [-0.4, -0.2) is 20.7 Å². The Kier molecular flexibility index (Phi) is 2.64. The molecule has 0 spiro atoms. The van der Waals surface area contributed by atoms with Gasteiger partial charge in [0.2, 0.25) is 0 Å². The van der Waals surface area contributed by atoms with Gasteiger partial charge in [-0.15, -0.1) is 0 Å². The molecule has 0 saturated heterocycles. The predicted molar refractivity (Wildman–Crippen MR) is 116 cm³/mol. The highest BCUT2D eigenvalue weighted by Crippen LogP contribution is 2.67. The third-order valence-electron chi connectivity index (χ3n) is 8.02. The molecule has 0 saturated carbocycles. The molecule has 0 bridgehead atoms. The Balaban J connectivity index is 1.72. The summed E-state index contributed by atoms with van der Waals surface area (Å²) in [7, 11) is 3.92. The van der Waals surface area contributed by atoms with Gasteiger partial charge < -0.3 is 9.13 Å². The van der Waals surface area contributed by atoms with Crippen molar-refractivity contribution in [2.45, 2.75) is 23.7 Å². The van der Waals surface area contributed by atoms with Crippen molar-refractivity contribution in [2.24, 2.45) is 14.1 Å². The fourth-order valence-corrected chi connectivity index (χ4v) is 6.89. The molecule has 4 aromatic rings. The zero-order valence-corrected chi connectivity index (χ0v) is 16.9. The maximum atomic E-state index is 14.4. The molecule has 0 aliphatic heterocycles. The first-order chi connectivity index (χ1) is 14.6. The Morgan fingerprint density at radius 3 is 1.50 bits per heavy atom. The van der Waals surface area contributed by atoms with Crippen LogP contribution in [0.5, 0.6) is 0 Å². The smallest absolute Gasteiger partial charge is 0.191 e. The second-order valence-corrected chi connectivity index (χ2v) is 8.95. The number of carbonyl (C=O) groups is 2. The first kappa shape index (κ1) is 16.4. The number of nitrogens with zero attached hydrogens (tertiary/aromatic N) is 2. The molecule has 2 aromatic carbocycles. The molecule has 7 rings (SSSR count). The van der Waals surface area contributed by atoms with Gasteiger partial charge in [-0.25, -0.2) is 0 Å². The molecule has 146 valence electrons. The molecule has 0 amide bonds. The van der Waals surface area contributed by atoms with Gasteiger partial charge in [0.1, 0.15) is 0 Å². The zero-order valence-electron chi connectivity index (χ0n) is 16.9. The van der Waals surface area contributed by atoms with E-state index in [1.54, 1.807) is 0 Å². The van der Waals surface area contributed by atoms with Crippen LogP contribution in [0.15, 0.2) is 60.7 Å². The number of allylic oxidation sites excluding steroid dienone is 2. The van der Waals surface area contributed by atoms with Crippen molar-refractivity contribution in [3.63, 3.8) is 0 Å². The summed E-state index contributed by atoms with van der Waals surface area (Å²) in [5, 5.41) is 2.07. The number of para-hydroxylation sites is 2. The highest BCUT2D eigenvalue weighted by molar-refractivity contribution is 6.29. The summed E-state index contributed by atoms with van der Waals surface area (Å²) in [5.74, 6) is 0.202. The summed E-state index contributed by atoms with van der Waals surface area (Å²) in [4.78, 5) is 28.7. The average molecular weight is 392 g/mol. The number of rotatable bonds is 0. The molecule has 3 aliphatic carbocycles. The lowest BCUT2D eigenvalue weighted by Gasteiger charge is -2.40. The lowest BCUT2D eigenvalue weighted by molar-refractivity contribution is 0.0728. The number of benzene rings is 2. The van der Waals surface area contributed by atoms with E-state index in [4.69, 9.17) is 0 Å². The standard InChI is InChI=1S/C26H20N2O2/c1-27-17-11-5-3-9-15(17)19-21(27)23(29)26-14-8-7-13-25(19,26)24(30)22-20(26)16-10-4-6-12-18(16)28(22)2/h3-12H,13-14H2,1-2H3. The van der Waals surface area contributed by atoms with Crippen LogP contribution in [-0.2, 0) is 24.9 Å². The van der Waals surface area contributed by atoms with Crippen LogP contribution in [0.2, 0.25) is 0 Å². The highest BCUT2D eigenvalue weighted by Gasteiger charge is 2.74. The molecular formula is C26H20N2O2. The molecular weight excluding hydrogens is 372 g/mol. The highest BCUT2D eigenvalue weighted by atomic mass is 16.1. The van der Waals surface area contributed by atoms with Crippen LogP contribution in [0, 0.1) is 0 Å². The first-order valence-corrected chi connectivity index (χ1v) is 10.5. The van der Waals surface area contributed by atoms with Gasteiger partial charge in [-0.05, 0) is 25.0 Å². The lowest BCUT2D eigenvalue weighted by Crippen LogP contribution is -2.50. The normalized spacial score (nSPS) is 26.3. The molecule has 2 aromatic heterocycles. The summed E-state index contributed by atoms with van der Waals surface area (Å²) in [6.45, 7) is 0. The number of aromatic nitrogens is 2. The van der Waals surface area contributed by atoms with E-state index < -0.39 is 10.8 Å². The molecule has 4 heteroatoms. The second-order valence-electron chi connectivity index (χ2n) is 8.95. The van der Waals surface area contributed by atoms with Gasteiger partial charge in [-0.2, -0.15) is 0 Å². The summed E-state index contributed by atoms with van der Waals surface area (Å²) in [6.07, 6.45) is 5.35. The summed E-state index contributed by atoms with van der Waals surface area (Å²) < 4.78 is 4.02. The number of Topliss-reactive ketones (excluding diaryl/α,β-unsaturated/α-hetero) is 2. The third kappa shape index (κ3) is 1.35. The molecule has 2 atom stereocenters. The SMILES string of the molecule is Cn1c2c(c3ccccc31)C13CC=CCC1(C2=O)c1c(n(C)c2ccccc12)C3=O. The van der Waals surface area contributed by atoms with Gasteiger partial charge in [0, 0.05) is 47.0 Å². The van der Waals surface area contributed by atoms with Crippen LogP contribution in [0.3, 0.4) is 0 Å². The van der Waals surface area contributed by atoms with Crippen molar-refractivity contribution >= 4 is 33.4 Å². The average Bonchev–Trinajstić information content (AvgIpc) is 3.40. The molecule has 3 aliphatic rings. The Hall–Kier alpha value is -3.40. The van der Waals surface area contributed by atoms with Crippen molar-refractivity contribution in [1.29, 1.82) is 0 Å². The largest absolute Gasteiger partial charge is 0.341 e. The monoisotopic (exact) mass is 392 g/mol. The van der Waals surface area contributed by atoms with Gasteiger partial charge in [0.25, 0.3) is 0 Å². The number of carbonyl (C=O) groups excluding carboxylic acids is 2. The molecule has 0 N–H and O–H groups in total. The van der Waals surface area contributed by atoms with Crippen molar-refractivity contribution < 1.29 is 9.59 Å². The van der Waals surface area contributed by atoms with E-state index in [2.05, 4.69) is 24.3 Å². The van der Waals surface area contributed by atoms with Gasteiger partial charge in [0.15, 0.2) is 11.6 Å².